The number of rotatable bonds is 4. The van der Waals surface area contributed by atoms with Gasteiger partial charge in [-0.3, -0.25) is 10.6 Å². The second-order valence-electron chi connectivity index (χ2n) is 4.31. The van der Waals surface area contributed by atoms with Gasteiger partial charge < -0.3 is 14.9 Å². The van der Waals surface area contributed by atoms with Gasteiger partial charge in [0.2, 0.25) is 6.79 Å². The van der Waals surface area contributed by atoms with E-state index in [1.54, 1.807) is 36.4 Å². The van der Waals surface area contributed by atoms with Gasteiger partial charge >= 0.3 is 0 Å². The second kappa shape index (κ2) is 5.15. The molecule has 4 N–H and O–H groups in total. The van der Waals surface area contributed by atoms with E-state index in [-0.39, 0.29) is 11.7 Å². The normalized spacial score (nSPS) is 13.0. The summed E-state index contributed by atoms with van der Waals surface area (Å²) in [6, 6.07) is 11.2. The molecule has 1 aliphatic heterocycles. The minimum absolute atomic E-state index is 0.0603. The summed E-state index contributed by atoms with van der Waals surface area (Å²) in [4.78, 5) is 0.0603. The Morgan fingerprint density at radius 1 is 1.05 bits per heavy atom. The molecule has 0 radical (unpaired) electrons. The van der Waals surface area contributed by atoms with Crippen LogP contribution >= 0.6 is 0 Å². The number of anilines is 2. The van der Waals surface area contributed by atoms with Crippen LogP contribution < -0.4 is 25.5 Å². The van der Waals surface area contributed by atoms with Gasteiger partial charge in [0.1, 0.15) is 4.90 Å². The van der Waals surface area contributed by atoms with Crippen molar-refractivity contribution in [3.8, 4) is 11.5 Å². The highest BCUT2D eigenvalue weighted by Crippen LogP contribution is 2.35. The van der Waals surface area contributed by atoms with E-state index < -0.39 is 10.0 Å². The monoisotopic (exact) mass is 307 g/mol. The third-order valence-corrected chi connectivity index (χ3v) is 4.40. The first-order chi connectivity index (χ1) is 10.1. The maximum atomic E-state index is 12.4. The molecule has 1 aliphatic rings. The lowest BCUT2D eigenvalue weighted by Gasteiger charge is -2.12. The van der Waals surface area contributed by atoms with Gasteiger partial charge in [0.05, 0.1) is 11.4 Å². The SMILES string of the molecule is NNc1ccccc1S(=O)(=O)Nc1ccc2c(c1)OCO2. The highest BCUT2D eigenvalue weighted by atomic mass is 32.2. The first-order valence-electron chi connectivity index (χ1n) is 6.08. The third kappa shape index (κ3) is 2.58. The van der Waals surface area contributed by atoms with Crippen LogP contribution in [-0.2, 0) is 10.0 Å². The molecule has 0 saturated heterocycles. The molecular weight excluding hydrogens is 294 g/mol. The standard InChI is InChI=1S/C13H13N3O4S/c14-15-10-3-1-2-4-13(10)21(17,18)16-9-5-6-11-12(7-9)20-8-19-11/h1-7,15-16H,8,14H2. The summed E-state index contributed by atoms with van der Waals surface area (Å²) in [5, 5.41) is 0. The fourth-order valence-electron chi connectivity index (χ4n) is 1.99. The van der Waals surface area contributed by atoms with Crippen molar-refractivity contribution in [2.45, 2.75) is 4.90 Å². The quantitative estimate of drug-likeness (QED) is 0.584. The topological polar surface area (TPSA) is 103 Å². The molecule has 0 aliphatic carbocycles. The third-order valence-electron chi connectivity index (χ3n) is 2.96. The van der Waals surface area contributed by atoms with Gasteiger partial charge in [-0.15, -0.1) is 0 Å². The fraction of sp³-hybridized carbons (Fsp3) is 0.0769. The van der Waals surface area contributed by atoms with Crippen LogP contribution in [0.4, 0.5) is 11.4 Å². The van der Waals surface area contributed by atoms with E-state index in [2.05, 4.69) is 10.1 Å². The Hall–Kier alpha value is -2.45. The molecule has 3 rings (SSSR count). The summed E-state index contributed by atoms with van der Waals surface area (Å²) >= 11 is 0. The number of nitrogen functional groups attached to an aromatic ring is 1. The molecule has 0 amide bonds. The summed E-state index contributed by atoms with van der Waals surface area (Å²) in [5.41, 5.74) is 3.06. The minimum Gasteiger partial charge on any atom is -0.454 e. The van der Waals surface area contributed by atoms with Crippen molar-refractivity contribution in [3.63, 3.8) is 0 Å². The number of fused-ring (bicyclic) bond motifs is 1. The lowest BCUT2D eigenvalue weighted by Crippen LogP contribution is -2.17. The number of hydrogen-bond donors (Lipinski definition) is 3. The molecule has 1 heterocycles. The van der Waals surface area contributed by atoms with Crippen molar-refractivity contribution in [2.24, 2.45) is 5.84 Å². The number of ether oxygens (including phenoxy) is 2. The van der Waals surface area contributed by atoms with Crippen LogP contribution in [0.2, 0.25) is 0 Å². The lowest BCUT2D eigenvalue weighted by molar-refractivity contribution is 0.174. The Kier molecular flexibility index (Phi) is 3.32. The smallest absolute Gasteiger partial charge is 0.264 e. The molecular formula is C13H13N3O4S. The van der Waals surface area contributed by atoms with E-state index in [0.29, 0.717) is 22.9 Å². The summed E-state index contributed by atoms with van der Waals surface area (Å²) < 4.78 is 37.7. The molecule has 8 heteroatoms. The molecule has 2 aromatic carbocycles. The molecule has 0 fully saturated rings. The lowest BCUT2D eigenvalue weighted by atomic mass is 10.3. The number of sulfonamides is 1. The van der Waals surface area contributed by atoms with Crippen molar-refractivity contribution in [3.05, 3.63) is 42.5 Å². The second-order valence-corrected chi connectivity index (χ2v) is 5.96. The van der Waals surface area contributed by atoms with Crippen molar-refractivity contribution in [1.82, 2.24) is 0 Å². The van der Waals surface area contributed by atoms with E-state index in [1.807, 2.05) is 0 Å². The largest absolute Gasteiger partial charge is 0.454 e. The van der Waals surface area contributed by atoms with Crippen LogP contribution in [0.3, 0.4) is 0 Å². The fourth-order valence-corrected chi connectivity index (χ4v) is 3.21. The van der Waals surface area contributed by atoms with Gasteiger partial charge in [0, 0.05) is 6.07 Å². The first-order valence-corrected chi connectivity index (χ1v) is 7.56. The number of benzene rings is 2. The van der Waals surface area contributed by atoms with Crippen LogP contribution in [0, 0.1) is 0 Å². The van der Waals surface area contributed by atoms with Gasteiger partial charge in [0.15, 0.2) is 11.5 Å². The predicted molar refractivity (Wildman–Crippen MR) is 77.6 cm³/mol. The first kappa shape index (κ1) is 13.5. The molecule has 0 bridgehead atoms. The van der Waals surface area contributed by atoms with Crippen LogP contribution in [-0.4, -0.2) is 15.2 Å². The Bertz CT molecular complexity index is 777. The Morgan fingerprint density at radius 3 is 2.62 bits per heavy atom. The van der Waals surface area contributed by atoms with Crippen LogP contribution in [0.5, 0.6) is 11.5 Å². The Balaban J connectivity index is 1.93. The van der Waals surface area contributed by atoms with Crippen LogP contribution in [0.1, 0.15) is 0 Å². The van der Waals surface area contributed by atoms with E-state index in [4.69, 9.17) is 15.3 Å². The van der Waals surface area contributed by atoms with E-state index in [1.165, 1.54) is 6.07 Å². The Labute approximate surface area is 121 Å². The summed E-state index contributed by atoms with van der Waals surface area (Å²) in [7, 11) is -3.76. The number of para-hydroxylation sites is 1. The van der Waals surface area contributed by atoms with Gasteiger partial charge in [0.25, 0.3) is 10.0 Å². The molecule has 110 valence electrons. The number of nitrogens with one attached hydrogen (secondary N) is 2. The number of hydrogen-bond acceptors (Lipinski definition) is 6. The van der Waals surface area contributed by atoms with Gasteiger partial charge in [-0.25, -0.2) is 8.42 Å². The number of nitrogens with two attached hydrogens (primary N) is 1. The van der Waals surface area contributed by atoms with Gasteiger partial charge in [-0.05, 0) is 24.3 Å². The molecule has 0 saturated carbocycles. The van der Waals surface area contributed by atoms with Crippen LogP contribution in [0.15, 0.2) is 47.4 Å². The summed E-state index contributed by atoms with van der Waals surface area (Å²) in [6.07, 6.45) is 0. The molecule has 7 nitrogen and oxygen atoms in total. The summed E-state index contributed by atoms with van der Waals surface area (Å²) in [5.74, 6) is 6.42. The van der Waals surface area contributed by atoms with Crippen LogP contribution in [0.25, 0.3) is 0 Å². The highest BCUT2D eigenvalue weighted by molar-refractivity contribution is 7.92. The van der Waals surface area contributed by atoms with Gasteiger partial charge in [-0.2, -0.15) is 0 Å². The average molecular weight is 307 g/mol. The molecule has 2 aromatic rings. The maximum Gasteiger partial charge on any atom is 0.264 e. The van der Waals surface area contributed by atoms with Crippen molar-refractivity contribution >= 4 is 21.4 Å². The summed E-state index contributed by atoms with van der Waals surface area (Å²) in [6.45, 7) is 0.130. The molecule has 0 atom stereocenters. The molecule has 0 spiro atoms. The average Bonchev–Trinajstić information content (AvgIpc) is 2.94. The zero-order valence-corrected chi connectivity index (χ0v) is 11.7. The molecule has 21 heavy (non-hydrogen) atoms. The Morgan fingerprint density at radius 2 is 1.81 bits per heavy atom. The van der Waals surface area contributed by atoms with Crippen molar-refractivity contribution in [1.29, 1.82) is 0 Å². The highest BCUT2D eigenvalue weighted by Gasteiger charge is 2.20. The van der Waals surface area contributed by atoms with E-state index >= 15 is 0 Å². The van der Waals surface area contributed by atoms with Gasteiger partial charge in [-0.1, -0.05) is 12.1 Å². The zero-order valence-electron chi connectivity index (χ0n) is 10.9. The maximum absolute atomic E-state index is 12.4. The molecule has 0 unspecified atom stereocenters. The van der Waals surface area contributed by atoms with E-state index in [0.717, 1.165) is 0 Å². The molecule has 0 aromatic heterocycles. The van der Waals surface area contributed by atoms with Crippen molar-refractivity contribution in [2.75, 3.05) is 16.9 Å². The predicted octanol–water partition coefficient (Wildman–Crippen LogP) is 1.50. The zero-order chi connectivity index (χ0) is 14.9. The minimum atomic E-state index is -3.76. The van der Waals surface area contributed by atoms with Crippen molar-refractivity contribution < 1.29 is 17.9 Å². The van der Waals surface area contributed by atoms with E-state index in [9.17, 15) is 8.42 Å². The number of hydrazine groups is 1.